The average molecular weight is 340 g/mol. The molecule has 0 spiro atoms. The predicted octanol–water partition coefficient (Wildman–Crippen LogP) is 3.74. The first kappa shape index (κ1) is 16.6. The number of fused-ring (bicyclic) bond motifs is 1. The second-order valence-corrected chi connectivity index (χ2v) is 5.23. The molecule has 0 aliphatic heterocycles. The van der Waals surface area contributed by atoms with Gasteiger partial charge in [-0.15, -0.1) is 0 Å². The molecule has 0 saturated carbocycles. The molecule has 6 nitrogen and oxygen atoms in total. The number of hydrogen-bond donors (Lipinski definition) is 1. The summed E-state index contributed by atoms with van der Waals surface area (Å²) in [6.07, 6.45) is 0. The third kappa shape index (κ3) is 3.47. The molecular weight excluding hydrogens is 324 g/mol. The average Bonchev–Trinajstić information content (AvgIpc) is 2.99. The minimum Gasteiger partial charge on any atom is -0.482 e. The number of carboxylic acids is 1. The summed E-state index contributed by atoms with van der Waals surface area (Å²) in [6.45, 7) is 1.49. The van der Waals surface area contributed by atoms with E-state index in [0.717, 1.165) is 5.56 Å². The number of rotatable bonds is 6. The highest BCUT2D eigenvalue weighted by Gasteiger charge is 2.23. The van der Waals surface area contributed by atoms with Crippen molar-refractivity contribution in [2.75, 3.05) is 13.2 Å². The van der Waals surface area contributed by atoms with Crippen LogP contribution in [0.25, 0.3) is 22.3 Å². The van der Waals surface area contributed by atoms with Gasteiger partial charge in [-0.05, 0) is 25.1 Å². The maximum atomic E-state index is 12.5. The highest BCUT2D eigenvalue weighted by atomic mass is 16.5. The molecule has 0 amide bonds. The van der Waals surface area contributed by atoms with Crippen LogP contribution in [0.1, 0.15) is 17.3 Å². The Balaban J connectivity index is 2.14. The van der Waals surface area contributed by atoms with Crippen LogP contribution in [-0.4, -0.2) is 30.3 Å². The van der Waals surface area contributed by atoms with E-state index in [1.54, 1.807) is 25.1 Å². The van der Waals surface area contributed by atoms with Gasteiger partial charge in [-0.3, -0.25) is 0 Å². The zero-order chi connectivity index (χ0) is 17.8. The van der Waals surface area contributed by atoms with E-state index in [0.29, 0.717) is 28.0 Å². The lowest BCUT2D eigenvalue weighted by atomic mass is 10.1. The summed E-state index contributed by atoms with van der Waals surface area (Å²) in [5.74, 6) is -0.844. The van der Waals surface area contributed by atoms with Crippen molar-refractivity contribution in [2.45, 2.75) is 6.92 Å². The molecule has 0 radical (unpaired) electrons. The van der Waals surface area contributed by atoms with Crippen LogP contribution < -0.4 is 4.74 Å². The Bertz CT molecular complexity index is 910. The number of furan rings is 1. The Labute approximate surface area is 143 Å². The lowest BCUT2D eigenvalue weighted by Gasteiger charge is -2.04. The topological polar surface area (TPSA) is 86.0 Å². The molecule has 0 aliphatic carbocycles. The van der Waals surface area contributed by atoms with Crippen molar-refractivity contribution in [3.63, 3.8) is 0 Å². The van der Waals surface area contributed by atoms with Crippen LogP contribution in [0.3, 0.4) is 0 Å². The molecular formula is C19H16O6. The van der Waals surface area contributed by atoms with Crippen LogP contribution >= 0.6 is 0 Å². The van der Waals surface area contributed by atoms with Gasteiger partial charge in [0, 0.05) is 10.9 Å². The largest absolute Gasteiger partial charge is 0.482 e. The number of ether oxygens (including phenoxy) is 2. The van der Waals surface area contributed by atoms with E-state index in [1.165, 1.54) is 0 Å². The van der Waals surface area contributed by atoms with Crippen molar-refractivity contribution in [3.8, 4) is 17.1 Å². The van der Waals surface area contributed by atoms with Crippen molar-refractivity contribution in [2.24, 2.45) is 0 Å². The number of benzene rings is 2. The van der Waals surface area contributed by atoms with Crippen LogP contribution in [0, 0.1) is 0 Å². The number of carbonyl (C=O) groups is 2. The fraction of sp³-hybridized carbons (Fsp3) is 0.158. The number of hydrogen-bond acceptors (Lipinski definition) is 5. The molecule has 128 valence electrons. The summed E-state index contributed by atoms with van der Waals surface area (Å²) >= 11 is 0. The molecule has 1 aromatic heterocycles. The summed E-state index contributed by atoms with van der Waals surface area (Å²) in [7, 11) is 0. The number of aliphatic carboxylic acids is 1. The smallest absolute Gasteiger partial charge is 0.342 e. The molecule has 0 atom stereocenters. The Kier molecular flexibility index (Phi) is 4.70. The fourth-order valence-electron chi connectivity index (χ4n) is 2.51. The first-order chi connectivity index (χ1) is 12.1. The van der Waals surface area contributed by atoms with Gasteiger partial charge in [0.05, 0.1) is 6.61 Å². The van der Waals surface area contributed by atoms with Crippen LogP contribution in [0.15, 0.2) is 52.9 Å². The van der Waals surface area contributed by atoms with Gasteiger partial charge in [0.25, 0.3) is 0 Å². The second-order valence-electron chi connectivity index (χ2n) is 5.23. The van der Waals surface area contributed by atoms with E-state index in [9.17, 15) is 9.59 Å². The maximum Gasteiger partial charge on any atom is 0.342 e. The summed E-state index contributed by atoms with van der Waals surface area (Å²) in [5, 5.41) is 9.25. The first-order valence-corrected chi connectivity index (χ1v) is 7.74. The molecule has 0 saturated heterocycles. The minimum atomic E-state index is -1.08. The molecule has 25 heavy (non-hydrogen) atoms. The molecule has 0 bridgehead atoms. The third-order valence-electron chi connectivity index (χ3n) is 3.54. The van der Waals surface area contributed by atoms with Gasteiger partial charge in [0.2, 0.25) is 0 Å². The van der Waals surface area contributed by atoms with E-state index in [4.69, 9.17) is 19.0 Å². The molecule has 0 unspecified atom stereocenters. The predicted molar refractivity (Wildman–Crippen MR) is 90.7 cm³/mol. The lowest BCUT2D eigenvalue weighted by Crippen LogP contribution is -2.09. The maximum absolute atomic E-state index is 12.5. The van der Waals surface area contributed by atoms with Crippen LogP contribution in [0.2, 0.25) is 0 Å². The molecule has 3 aromatic rings. The van der Waals surface area contributed by atoms with Gasteiger partial charge in [-0.25, -0.2) is 9.59 Å². The Morgan fingerprint density at radius 2 is 1.88 bits per heavy atom. The molecule has 6 heteroatoms. The van der Waals surface area contributed by atoms with E-state index in [-0.39, 0.29) is 6.61 Å². The van der Waals surface area contributed by atoms with E-state index in [1.807, 2.05) is 30.3 Å². The number of carbonyl (C=O) groups excluding carboxylic acids is 1. The van der Waals surface area contributed by atoms with E-state index >= 15 is 0 Å². The van der Waals surface area contributed by atoms with Crippen molar-refractivity contribution in [1.29, 1.82) is 0 Å². The van der Waals surface area contributed by atoms with Crippen LogP contribution in [-0.2, 0) is 9.53 Å². The standard InChI is InChI=1S/C19H16O6/c1-2-23-19(22)17-14-10-13(24-11-16(20)21)8-9-15(14)25-18(17)12-6-4-3-5-7-12/h3-10H,2,11H2,1H3,(H,20,21). The molecule has 3 rings (SSSR count). The SMILES string of the molecule is CCOC(=O)c1c(-c2ccccc2)oc2ccc(OCC(=O)O)cc12. The Hall–Kier alpha value is -3.28. The minimum absolute atomic E-state index is 0.231. The monoisotopic (exact) mass is 340 g/mol. The summed E-state index contributed by atoms with van der Waals surface area (Å²) in [5.41, 5.74) is 1.53. The zero-order valence-corrected chi connectivity index (χ0v) is 13.5. The molecule has 0 aliphatic rings. The lowest BCUT2D eigenvalue weighted by molar-refractivity contribution is -0.139. The van der Waals surface area contributed by atoms with E-state index in [2.05, 4.69) is 0 Å². The quantitative estimate of drug-likeness (QED) is 0.688. The number of esters is 1. The zero-order valence-electron chi connectivity index (χ0n) is 13.5. The van der Waals surface area contributed by atoms with Crippen molar-refractivity contribution < 1.29 is 28.6 Å². The fourth-order valence-corrected chi connectivity index (χ4v) is 2.51. The summed E-state index contributed by atoms with van der Waals surface area (Å²) < 4.78 is 16.2. The van der Waals surface area contributed by atoms with Gasteiger partial charge in [0.15, 0.2) is 6.61 Å². The van der Waals surface area contributed by atoms with Crippen molar-refractivity contribution in [3.05, 3.63) is 54.1 Å². The van der Waals surface area contributed by atoms with Crippen LogP contribution in [0.5, 0.6) is 5.75 Å². The molecule has 1 N–H and O–H groups in total. The highest BCUT2D eigenvalue weighted by molar-refractivity contribution is 6.09. The molecule has 2 aromatic carbocycles. The van der Waals surface area contributed by atoms with Gasteiger partial charge < -0.3 is 19.0 Å². The van der Waals surface area contributed by atoms with Gasteiger partial charge >= 0.3 is 11.9 Å². The molecule has 1 heterocycles. The van der Waals surface area contributed by atoms with Gasteiger partial charge in [-0.2, -0.15) is 0 Å². The number of carboxylic acid groups (broad SMARTS) is 1. The second kappa shape index (κ2) is 7.09. The summed E-state index contributed by atoms with van der Waals surface area (Å²) in [6, 6.07) is 14.1. The Morgan fingerprint density at radius 3 is 2.56 bits per heavy atom. The van der Waals surface area contributed by atoms with Gasteiger partial charge in [-0.1, -0.05) is 30.3 Å². The van der Waals surface area contributed by atoms with E-state index < -0.39 is 18.5 Å². The van der Waals surface area contributed by atoms with Crippen LogP contribution in [0.4, 0.5) is 0 Å². The molecule has 0 fully saturated rings. The first-order valence-electron chi connectivity index (χ1n) is 7.74. The van der Waals surface area contributed by atoms with Crippen molar-refractivity contribution >= 4 is 22.9 Å². The third-order valence-corrected chi connectivity index (χ3v) is 3.54. The highest BCUT2D eigenvalue weighted by Crippen LogP contribution is 2.36. The van der Waals surface area contributed by atoms with Crippen molar-refractivity contribution in [1.82, 2.24) is 0 Å². The Morgan fingerprint density at radius 1 is 1.12 bits per heavy atom. The van der Waals surface area contributed by atoms with Gasteiger partial charge in [0.1, 0.15) is 22.7 Å². The summed E-state index contributed by atoms with van der Waals surface area (Å²) in [4.78, 5) is 23.1. The normalized spacial score (nSPS) is 10.6.